The molecule has 0 aliphatic carbocycles. The topological polar surface area (TPSA) is 87.2 Å². The number of hydrogen-bond donors (Lipinski definition) is 0. The molecule has 36 heavy (non-hydrogen) atoms. The van der Waals surface area contributed by atoms with Gasteiger partial charge in [0, 0.05) is 31.7 Å². The van der Waals surface area contributed by atoms with E-state index < -0.39 is 17.8 Å². The summed E-state index contributed by atoms with van der Waals surface area (Å²) < 4.78 is 5.14. The van der Waals surface area contributed by atoms with Crippen molar-refractivity contribution in [3.8, 4) is 0 Å². The van der Waals surface area contributed by atoms with Crippen LogP contribution in [0.5, 0.6) is 0 Å². The van der Waals surface area contributed by atoms with Crippen molar-refractivity contribution < 1.29 is 23.9 Å². The second-order valence-electron chi connectivity index (χ2n) is 8.56. The molecular weight excluding hydrogens is 458 g/mol. The Morgan fingerprint density at radius 3 is 1.97 bits per heavy atom. The van der Waals surface area contributed by atoms with E-state index in [1.54, 1.807) is 60.4 Å². The molecule has 3 amide bonds. The maximum atomic E-state index is 13.3. The van der Waals surface area contributed by atoms with E-state index in [4.69, 9.17) is 4.74 Å². The van der Waals surface area contributed by atoms with Crippen LogP contribution in [0.3, 0.4) is 0 Å². The van der Waals surface area contributed by atoms with Crippen LogP contribution in [0.1, 0.15) is 48.4 Å². The number of benzene rings is 3. The average Bonchev–Trinajstić information content (AvgIpc) is 3.18. The molecule has 0 radical (unpaired) electrons. The predicted molar refractivity (Wildman–Crippen MR) is 135 cm³/mol. The SMILES string of the molecule is CCOC(=O)c1ccc(N2CCN(C(=O)c3ccccc3)CC2)c(N2C(=O)c3ccccc3C2=O)c1. The van der Waals surface area contributed by atoms with E-state index in [9.17, 15) is 19.2 Å². The third kappa shape index (κ3) is 4.11. The molecule has 3 aromatic rings. The number of carbonyl (C=O) groups is 4. The van der Waals surface area contributed by atoms with Crippen molar-refractivity contribution in [1.82, 2.24) is 4.90 Å². The number of nitrogens with zero attached hydrogens (tertiary/aromatic N) is 3. The lowest BCUT2D eigenvalue weighted by molar-refractivity contribution is 0.0525. The maximum absolute atomic E-state index is 13.3. The first-order valence-corrected chi connectivity index (χ1v) is 11.9. The fourth-order valence-electron chi connectivity index (χ4n) is 4.63. The summed E-state index contributed by atoms with van der Waals surface area (Å²) in [5.41, 5.74) is 2.52. The van der Waals surface area contributed by atoms with Crippen LogP contribution in [0, 0.1) is 0 Å². The first kappa shape index (κ1) is 23.3. The average molecular weight is 484 g/mol. The molecule has 5 rings (SSSR count). The van der Waals surface area contributed by atoms with E-state index in [1.165, 1.54) is 6.07 Å². The molecule has 1 fully saturated rings. The quantitative estimate of drug-likeness (QED) is 0.407. The first-order valence-electron chi connectivity index (χ1n) is 11.9. The van der Waals surface area contributed by atoms with Crippen LogP contribution in [0.15, 0.2) is 72.8 Å². The van der Waals surface area contributed by atoms with Gasteiger partial charge in [-0.05, 0) is 49.4 Å². The molecule has 8 nitrogen and oxygen atoms in total. The van der Waals surface area contributed by atoms with Crippen molar-refractivity contribution in [2.75, 3.05) is 42.6 Å². The summed E-state index contributed by atoms with van der Waals surface area (Å²) in [7, 11) is 0. The Balaban J connectivity index is 1.45. The molecule has 0 atom stereocenters. The minimum atomic E-state index is -0.528. The second-order valence-corrected chi connectivity index (χ2v) is 8.56. The van der Waals surface area contributed by atoms with E-state index in [0.29, 0.717) is 54.2 Å². The summed E-state index contributed by atoms with van der Waals surface area (Å²) >= 11 is 0. The van der Waals surface area contributed by atoms with E-state index in [2.05, 4.69) is 0 Å². The van der Waals surface area contributed by atoms with Gasteiger partial charge in [0.25, 0.3) is 17.7 Å². The van der Waals surface area contributed by atoms with E-state index in [-0.39, 0.29) is 18.1 Å². The highest BCUT2D eigenvalue weighted by Crippen LogP contribution is 2.37. The van der Waals surface area contributed by atoms with Gasteiger partial charge in [0.1, 0.15) is 0 Å². The predicted octanol–water partition coefficient (Wildman–Crippen LogP) is 3.63. The Hall–Kier alpha value is -4.46. The molecule has 0 aromatic heterocycles. The summed E-state index contributed by atoms with van der Waals surface area (Å²) in [6.07, 6.45) is 0. The molecule has 182 valence electrons. The number of piperazine rings is 1. The zero-order valence-electron chi connectivity index (χ0n) is 19.8. The summed E-state index contributed by atoms with van der Waals surface area (Å²) in [6, 6.07) is 20.7. The number of anilines is 2. The molecule has 8 heteroatoms. The molecule has 0 bridgehead atoms. The van der Waals surface area contributed by atoms with E-state index in [0.717, 1.165) is 4.90 Å². The van der Waals surface area contributed by atoms with Gasteiger partial charge < -0.3 is 14.5 Å². The molecule has 2 aliphatic rings. The highest BCUT2D eigenvalue weighted by atomic mass is 16.5. The second kappa shape index (κ2) is 9.65. The fraction of sp³-hybridized carbons (Fsp3) is 0.214. The molecule has 0 unspecified atom stereocenters. The summed E-state index contributed by atoms with van der Waals surface area (Å²) in [6.45, 7) is 3.90. The minimum Gasteiger partial charge on any atom is -0.462 e. The largest absolute Gasteiger partial charge is 0.462 e. The third-order valence-electron chi connectivity index (χ3n) is 6.45. The summed E-state index contributed by atoms with van der Waals surface area (Å²) in [5.74, 6) is -1.43. The number of carbonyl (C=O) groups excluding carboxylic acids is 4. The zero-order chi connectivity index (χ0) is 25.2. The standard InChI is InChI=1S/C28H25N3O5/c1-2-36-28(35)20-12-13-23(24(18-20)31-26(33)21-10-6-7-11-22(21)27(31)34)29-14-16-30(17-15-29)25(32)19-8-4-3-5-9-19/h3-13,18H,2,14-17H2,1H3. The van der Waals surface area contributed by atoms with Crippen molar-refractivity contribution in [2.45, 2.75) is 6.92 Å². The number of ether oxygens (including phenoxy) is 1. The van der Waals surface area contributed by atoms with Crippen molar-refractivity contribution in [3.05, 3.63) is 95.1 Å². The number of fused-ring (bicyclic) bond motifs is 1. The molecule has 0 N–H and O–H groups in total. The van der Waals surface area contributed by atoms with Gasteiger partial charge in [-0.2, -0.15) is 0 Å². The van der Waals surface area contributed by atoms with Crippen molar-refractivity contribution in [1.29, 1.82) is 0 Å². The van der Waals surface area contributed by atoms with Gasteiger partial charge in [-0.1, -0.05) is 30.3 Å². The highest BCUT2D eigenvalue weighted by molar-refractivity contribution is 6.35. The Morgan fingerprint density at radius 2 is 1.36 bits per heavy atom. The fourth-order valence-corrected chi connectivity index (χ4v) is 4.63. The summed E-state index contributed by atoms with van der Waals surface area (Å²) in [5, 5.41) is 0. The van der Waals surface area contributed by atoms with Gasteiger partial charge in [0.05, 0.1) is 34.7 Å². The smallest absolute Gasteiger partial charge is 0.338 e. The Labute approximate surface area is 208 Å². The molecule has 1 saturated heterocycles. The monoisotopic (exact) mass is 483 g/mol. The molecule has 2 heterocycles. The lowest BCUT2D eigenvalue weighted by Crippen LogP contribution is -2.49. The van der Waals surface area contributed by atoms with E-state index >= 15 is 0 Å². The Kier molecular flexibility index (Phi) is 6.25. The van der Waals surface area contributed by atoms with Gasteiger partial charge in [-0.25, -0.2) is 9.69 Å². The lowest BCUT2D eigenvalue weighted by atomic mass is 10.1. The van der Waals surface area contributed by atoms with Crippen LogP contribution >= 0.6 is 0 Å². The maximum Gasteiger partial charge on any atom is 0.338 e. The molecule has 0 saturated carbocycles. The van der Waals surface area contributed by atoms with Crippen LogP contribution in [-0.4, -0.2) is 61.4 Å². The number of imide groups is 1. The van der Waals surface area contributed by atoms with E-state index in [1.807, 2.05) is 23.1 Å². The highest BCUT2D eigenvalue weighted by Gasteiger charge is 2.38. The minimum absolute atomic E-state index is 0.0338. The summed E-state index contributed by atoms with van der Waals surface area (Å²) in [4.78, 5) is 56.8. The molecule has 2 aliphatic heterocycles. The van der Waals surface area contributed by atoms with Crippen LogP contribution in [-0.2, 0) is 4.74 Å². The van der Waals surface area contributed by atoms with Gasteiger partial charge >= 0.3 is 5.97 Å². The van der Waals surface area contributed by atoms with Crippen molar-refractivity contribution in [2.24, 2.45) is 0 Å². The van der Waals surface area contributed by atoms with Gasteiger partial charge in [0.15, 0.2) is 0 Å². The number of amides is 3. The number of rotatable bonds is 5. The molecule has 0 spiro atoms. The normalized spacial score (nSPS) is 15.2. The Morgan fingerprint density at radius 1 is 0.750 bits per heavy atom. The Bertz CT molecular complexity index is 1310. The molecule has 3 aromatic carbocycles. The number of esters is 1. The van der Waals surface area contributed by atoms with Gasteiger partial charge in [-0.3, -0.25) is 14.4 Å². The van der Waals surface area contributed by atoms with Crippen molar-refractivity contribution >= 4 is 35.1 Å². The van der Waals surface area contributed by atoms with Crippen LogP contribution in [0.4, 0.5) is 11.4 Å². The zero-order valence-corrected chi connectivity index (χ0v) is 19.8. The lowest BCUT2D eigenvalue weighted by Gasteiger charge is -2.37. The van der Waals surface area contributed by atoms with Crippen LogP contribution in [0.2, 0.25) is 0 Å². The van der Waals surface area contributed by atoms with Crippen LogP contribution < -0.4 is 9.80 Å². The number of hydrogen-bond acceptors (Lipinski definition) is 6. The van der Waals surface area contributed by atoms with Crippen molar-refractivity contribution in [3.63, 3.8) is 0 Å². The van der Waals surface area contributed by atoms with Gasteiger partial charge in [-0.15, -0.1) is 0 Å². The third-order valence-corrected chi connectivity index (χ3v) is 6.45. The van der Waals surface area contributed by atoms with Gasteiger partial charge in [0.2, 0.25) is 0 Å². The van der Waals surface area contributed by atoms with Crippen LogP contribution in [0.25, 0.3) is 0 Å². The first-order chi connectivity index (χ1) is 17.5. The molecular formula is C28H25N3O5.